The molecule has 0 rings (SSSR count). The minimum Gasteiger partial charge on any atom is -0.482 e. The van der Waals surface area contributed by atoms with Gasteiger partial charge in [0.1, 0.15) is 16.7 Å². The standard InChI is InChI=1S/C3H4O3S3Si/c7-1-4-10(5-2-8)6-3-9/h1-3,10H. The van der Waals surface area contributed by atoms with Gasteiger partial charge in [-0.3, -0.25) is 0 Å². The summed E-state index contributed by atoms with van der Waals surface area (Å²) in [7, 11) is -2.21. The number of hydrogen-bond acceptors (Lipinski definition) is 6. The maximum absolute atomic E-state index is 4.71. The van der Waals surface area contributed by atoms with Crippen molar-refractivity contribution in [2.45, 2.75) is 0 Å². The van der Waals surface area contributed by atoms with E-state index in [1.165, 1.54) is 0 Å². The molecule has 0 saturated heterocycles. The summed E-state index contributed by atoms with van der Waals surface area (Å²) < 4.78 is 14.1. The van der Waals surface area contributed by atoms with Crippen molar-refractivity contribution in [3.05, 3.63) is 0 Å². The third-order valence-corrected chi connectivity index (χ3v) is 2.50. The summed E-state index contributed by atoms with van der Waals surface area (Å²) in [5, 5.41) is 0. The SMILES string of the molecule is S=CO[SiH](OC=S)OC=S. The van der Waals surface area contributed by atoms with Crippen LogP contribution in [0.5, 0.6) is 0 Å². The van der Waals surface area contributed by atoms with E-state index in [1.54, 1.807) is 0 Å². The Morgan fingerprint density at radius 3 is 1.30 bits per heavy atom. The van der Waals surface area contributed by atoms with E-state index in [9.17, 15) is 0 Å². The number of rotatable bonds is 6. The molecule has 0 amide bonds. The Hall–Kier alpha value is -0.113. The van der Waals surface area contributed by atoms with Crippen molar-refractivity contribution in [3.8, 4) is 0 Å². The first-order valence-electron chi connectivity index (χ1n) is 2.12. The van der Waals surface area contributed by atoms with E-state index in [1.807, 2.05) is 0 Å². The maximum atomic E-state index is 4.71. The van der Waals surface area contributed by atoms with Crippen LogP contribution in [-0.4, -0.2) is 26.2 Å². The second kappa shape index (κ2) is 7.00. The monoisotopic (exact) mass is 212 g/mol. The van der Waals surface area contributed by atoms with Crippen molar-refractivity contribution in [1.82, 2.24) is 0 Å². The van der Waals surface area contributed by atoms with Crippen molar-refractivity contribution in [3.63, 3.8) is 0 Å². The summed E-state index contributed by atoms with van der Waals surface area (Å²) in [5.74, 6) is 0. The largest absolute Gasteiger partial charge is 0.683 e. The lowest BCUT2D eigenvalue weighted by atomic mass is 11.7. The normalized spacial score (nSPS) is 8.10. The Morgan fingerprint density at radius 1 is 0.800 bits per heavy atom. The molecule has 0 unspecified atom stereocenters. The number of thiocarbonyl (C=S) groups is 3. The highest BCUT2D eigenvalue weighted by Crippen LogP contribution is 1.86. The van der Waals surface area contributed by atoms with Gasteiger partial charge in [0.15, 0.2) is 0 Å². The second-order valence-corrected chi connectivity index (χ2v) is 2.96. The lowest BCUT2D eigenvalue weighted by molar-refractivity contribution is 0.318. The molecule has 3 nitrogen and oxygen atoms in total. The van der Waals surface area contributed by atoms with Crippen molar-refractivity contribution in [2.24, 2.45) is 0 Å². The van der Waals surface area contributed by atoms with Gasteiger partial charge in [0.25, 0.3) is 0 Å². The summed E-state index contributed by atoms with van der Waals surface area (Å²) in [4.78, 5) is 0. The van der Waals surface area contributed by atoms with Gasteiger partial charge >= 0.3 is 9.53 Å². The molecule has 0 aliphatic rings. The highest BCUT2D eigenvalue weighted by molar-refractivity contribution is 7.79. The fourth-order valence-corrected chi connectivity index (χ4v) is 1.51. The van der Waals surface area contributed by atoms with Crippen molar-refractivity contribution < 1.29 is 13.3 Å². The molecule has 0 N–H and O–H groups in total. The second-order valence-electron chi connectivity index (χ2n) is 0.986. The maximum Gasteiger partial charge on any atom is 0.683 e. The van der Waals surface area contributed by atoms with Gasteiger partial charge in [-0.1, -0.05) is 0 Å². The molecule has 0 radical (unpaired) electrons. The van der Waals surface area contributed by atoms with E-state index in [-0.39, 0.29) is 0 Å². The van der Waals surface area contributed by atoms with Crippen LogP contribution < -0.4 is 0 Å². The molecule has 7 heteroatoms. The quantitative estimate of drug-likeness (QED) is 0.473. The zero-order valence-corrected chi connectivity index (χ0v) is 8.36. The Balaban J connectivity index is 3.58. The van der Waals surface area contributed by atoms with E-state index in [0.29, 0.717) is 0 Å². The van der Waals surface area contributed by atoms with Crippen LogP contribution in [0.1, 0.15) is 0 Å². The van der Waals surface area contributed by atoms with Gasteiger partial charge in [0.2, 0.25) is 0 Å². The summed E-state index contributed by atoms with van der Waals surface area (Å²) in [5.41, 5.74) is 3.19. The minimum absolute atomic E-state index is 1.06. The first-order chi connectivity index (χ1) is 4.85. The first-order valence-corrected chi connectivity index (χ1v) is 4.95. The third kappa shape index (κ3) is 4.74. The third-order valence-electron chi connectivity index (χ3n) is 0.500. The van der Waals surface area contributed by atoms with Gasteiger partial charge in [-0.2, -0.15) is 0 Å². The smallest absolute Gasteiger partial charge is 0.482 e. The molecule has 10 heavy (non-hydrogen) atoms. The van der Waals surface area contributed by atoms with Crippen LogP contribution in [0, 0.1) is 0 Å². The van der Waals surface area contributed by atoms with Crippen LogP contribution in [0.25, 0.3) is 0 Å². The fraction of sp³-hybridized carbons (Fsp3) is 0. The molecule has 0 spiro atoms. The van der Waals surface area contributed by atoms with Gasteiger partial charge in [0, 0.05) is 0 Å². The van der Waals surface area contributed by atoms with Crippen molar-refractivity contribution >= 4 is 62.8 Å². The fourth-order valence-electron chi connectivity index (χ4n) is 0.232. The first kappa shape index (κ1) is 9.89. The van der Waals surface area contributed by atoms with E-state index < -0.39 is 9.53 Å². The Labute approximate surface area is 76.2 Å². The Bertz CT molecular complexity index is 106. The lowest BCUT2D eigenvalue weighted by Gasteiger charge is -2.08. The summed E-state index contributed by atoms with van der Waals surface area (Å²) in [6, 6.07) is 0. The molecule has 0 aliphatic heterocycles. The molecular weight excluding hydrogens is 208 g/mol. The molecule has 0 saturated carbocycles. The minimum atomic E-state index is -2.21. The average Bonchev–Trinajstić information content (AvgIpc) is 1.90. The van der Waals surface area contributed by atoms with E-state index >= 15 is 0 Å². The molecule has 0 bridgehead atoms. The molecule has 56 valence electrons. The zero-order chi connectivity index (χ0) is 7.82. The number of hydrogen-bond donors (Lipinski definition) is 0. The Morgan fingerprint density at radius 2 is 1.10 bits per heavy atom. The van der Waals surface area contributed by atoms with Crippen molar-refractivity contribution in [1.29, 1.82) is 0 Å². The summed E-state index contributed by atoms with van der Waals surface area (Å²) in [6.45, 7) is 0. The van der Waals surface area contributed by atoms with Crippen LogP contribution in [0.3, 0.4) is 0 Å². The van der Waals surface area contributed by atoms with Gasteiger partial charge < -0.3 is 13.3 Å². The zero-order valence-electron chi connectivity index (χ0n) is 4.76. The van der Waals surface area contributed by atoms with E-state index in [2.05, 4.69) is 36.7 Å². The van der Waals surface area contributed by atoms with Gasteiger partial charge in [-0.15, -0.1) is 0 Å². The summed E-state index contributed by atoms with van der Waals surface area (Å²) >= 11 is 13.2. The molecule has 0 aromatic carbocycles. The topological polar surface area (TPSA) is 27.7 Å². The predicted molar refractivity (Wildman–Crippen MR) is 51.4 cm³/mol. The Kier molecular flexibility index (Phi) is 6.92. The van der Waals surface area contributed by atoms with Gasteiger partial charge in [-0.25, -0.2) is 0 Å². The predicted octanol–water partition coefficient (Wildman–Crippen LogP) is 0.625. The van der Waals surface area contributed by atoms with E-state index in [4.69, 9.17) is 13.3 Å². The van der Waals surface area contributed by atoms with Crippen LogP contribution in [0.2, 0.25) is 0 Å². The van der Waals surface area contributed by atoms with Gasteiger partial charge in [0.05, 0.1) is 0 Å². The molecule has 0 aliphatic carbocycles. The van der Waals surface area contributed by atoms with Crippen LogP contribution in [-0.2, 0) is 13.3 Å². The summed E-state index contributed by atoms with van der Waals surface area (Å²) in [6.07, 6.45) is 0. The highest BCUT2D eigenvalue weighted by atomic mass is 32.1. The van der Waals surface area contributed by atoms with Gasteiger partial charge in [-0.05, 0) is 36.7 Å². The molecule has 0 aromatic heterocycles. The molecular formula is C3H4O3S3Si. The van der Waals surface area contributed by atoms with Crippen LogP contribution >= 0.6 is 36.7 Å². The van der Waals surface area contributed by atoms with Crippen LogP contribution in [0.4, 0.5) is 0 Å². The molecule has 0 atom stereocenters. The van der Waals surface area contributed by atoms with Crippen LogP contribution in [0.15, 0.2) is 0 Å². The average molecular weight is 212 g/mol. The molecule has 0 heterocycles. The molecule has 0 fully saturated rings. The van der Waals surface area contributed by atoms with Crippen molar-refractivity contribution in [2.75, 3.05) is 0 Å². The highest BCUT2D eigenvalue weighted by Gasteiger charge is 2.14. The van der Waals surface area contributed by atoms with E-state index in [0.717, 1.165) is 16.7 Å². The lowest BCUT2D eigenvalue weighted by Crippen LogP contribution is -2.24. The molecule has 0 aromatic rings.